The molecule has 0 N–H and O–H groups in total. The predicted octanol–water partition coefficient (Wildman–Crippen LogP) is 3.25. The van der Waals surface area contributed by atoms with E-state index >= 15 is 0 Å². The molecule has 0 saturated carbocycles. The second-order valence-electron chi connectivity index (χ2n) is 7.79. The van der Waals surface area contributed by atoms with Crippen LogP contribution in [0.5, 0.6) is 0 Å². The normalized spacial score (nSPS) is 18.7. The quantitative estimate of drug-likeness (QED) is 0.516. The summed E-state index contributed by atoms with van der Waals surface area (Å²) in [4.78, 5) is 26.6. The van der Waals surface area contributed by atoms with Crippen LogP contribution in [-0.4, -0.2) is 50.0 Å². The first kappa shape index (κ1) is 20.3. The number of rotatable bonds is 6. The van der Waals surface area contributed by atoms with Crippen molar-refractivity contribution in [2.45, 2.75) is 30.1 Å². The van der Waals surface area contributed by atoms with E-state index in [1.54, 1.807) is 6.07 Å². The van der Waals surface area contributed by atoms with Gasteiger partial charge in [-0.05, 0) is 36.6 Å². The fraction of sp³-hybridized carbons (Fsp3) is 0.381. The summed E-state index contributed by atoms with van der Waals surface area (Å²) in [5.41, 5.74) is 1.77. The second-order valence-corrected chi connectivity index (χ2v) is 9.78. The van der Waals surface area contributed by atoms with Crippen LogP contribution in [0.2, 0.25) is 0 Å². The number of amides is 1. The molecular formula is C21H23N3O5S. The average Bonchev–Trinajstić information content (AvgIpc) is 3.28. The molecule has 2 aliphatic heterocycles. The van der Waals surface area contributed by atoms with Gasteiger partial charge in [-0.2, -0.15) is 0 Å². The Morgan fingerprint density at radius 1 is 1.13 bits per heavy atom. The third-order valence-corrected chi connectivity index (χ3v) is 6.97. The van der Waals surface area contributed by atoms with Crippen LogP contribution in [0, 0.1) is 10.1 Å². The molecule has 4 rings (SSSR count). The minimum atomic E-state index is -3.76. The second kappa shape index (κ2) is 7.71. The van der Waals surface area contributed by atoms with Crippen molar-refractivity contribution in [3.63, 3.8) is 0 Å². The van der Waals surface area contributed by atoms with Crippen LogP contribution in [0.25, 0.3) is 0 Å². The van der Waals surface area contributed by atoms with E-state index in [1.165, 1.54) is 12.1 Å². The fourth-order valence-electron chi connectivity index (χ4n) is 4.43. The predicted molar refractivity (Wildman–Crippen MR) is 113 cm³/mol. The number of benzene rings is 2. The molecule has 2 aromatic rings. The molecule has 1 fully saturated rings. The molecule has 0 aromatic heterocycles. The van der Waals surface area contributed by atoms with Gasteiger partial charge < -0.3 is 9.80 Å². The van der Waals surface area contributed by atoms with Crippen LogP contribution in [0.15, 0.2) is 47.4 Å². The van der Waals surface area contributed by atoms with Crippen molar-refractivity contribution in [3.8, 4) is 0 Å². The minimum absolute atomic E-state index is 0.0936. The maximum Gasteiger partial charge on any atom is 0.311 e. The van der Waals surface area contributed by atoms with E-state index in [9.17, 15) is 23.3 Å². The monoisotopic (exact) mass is 429 g/mol. The Hall–Kier alpha value is -2.94. The number of carbonyl (C=O) groups is 1. The van der Waals surface area contributed by atoms with Gasteiger partial charge in [0.05, 0.1) is 4.92 Å². The summed E-state index contributed by atoms with van der Waals surface area (Å²) < 4.78 is 24.3. The molecule has 2 aromatic carbocycles. The summed E-state index contributed by atoms with van der Waals surface area (Å²) in [6.07, 6.45) is 3.21. The van der Waals surface area contributed by atoms with Gasteiger partial charge in [-0.15, -0.1) is 0 Å². The van der Waals surface area contributed by atoms with E-state index in [-0.39, 0.29) is 22.4 Å². The zero-order valence-corrected chi connectivity index (χ0v) is 17.5. The molecular weight excluding hydrogens is 406 g/mol. The van der Waals surface area contributed by atoms with Crippen molar-refractivity contribution in [1.29, 1.82) is 0 Å². The number of nitrogens with zero attached hydrogens (tertiary/aromatic N) is 3. The number of anilines is 2. The Morgan fingerprint density at radius 3 is 2.53 bits per heavy atom. The van der Waals surface area contributed by atoms with Crippen LogP contribution in [0.1, 0.15) is 30.7 Å². The Morgan fingerprint density at radius 2 is 1.87 bits per heavy atom. The lowest BCUT2D eigenvalue weighted by molar-refractivity contribution is -0.387. The first-order chi connectivity index (χ1) is 14.3. The first-order valence-electron chi connectivity index (χ1n) is 9.89. The third-order valence-electron chi connectivity index (χ3n) is 5.84. The number of hydrogen-bond donors (Lipinski definition) is 0. The van der Waals surface area contributed by atoms with Gasteiger partial charge in [-0.1, -0.05) is 24.3 Å². The lowest BCUT2D eigenvalue weighted by atomic mass is 9.98. The molecule has 0 bridgehead atoms. The molecule has 1 atom stereocenters. The van der Waals surface area contributed by atoms with Crippen molar-refractivity contribution in [2.75, 3.05) is 30.8 Å². The number of sulfone groups is 1. The Labute approximate surface area is 175 Å². The van der Waals surface area contributed by atoms with Gasteiger partial charge in [0.2, 0.25) is 5.91 Å². The lowest BCUT2D eigenvalue weighted by Crippen LogP contribution is -2.27. The SMILES string of the molecule is CS(=O)(=O)c1cccc(N2CC(CCN3CCCC3=O)c3ccccc32)c1[N+](=O)[O-]. The van der Waals surface area contributed by atoms with Crippen molar-refractivity contribution in [2.24, 2.45) is 0 Å². The standard InChI is InChI=1S/C21H23N3O5S/c1-30(28,29)19-9-4-8-18(21(19)24(26)27)23-14-15(16-6-2-3-7-17(16)23)11-13-22-12-5-10-20(22)25/h2-4,6-9,15H,5,10-14H2,1H3. The van der Waals surface area contributed by atoms with E-state index in [4.69, 9.17) is 0 Å². The van der Waals surface area contributed by atoms with Crippen LogP contribution in [0.4, 0.5) is 17.1 Å². The number of fused-ring (bicyclic) bond motifs is 1. The molecule has 1 saturated heterocycles. The number of likely N-dealkylation sites (tertiary alicyclic amines) is 1. The molecule has 2 heterocycles. The summed E-state index contributed by atoms with van der Waals surface area (Å²) >= 11 is 0. The largest absolute Gasteiger partial charge is 0.343 e. The molecule has 1 amide bonds. The lowest BCUT2D eigenvalue weighted by Gasteiger charge is -2.22. The zero-order chi connectivity index (χ0) is 21.5. The van der Waals surface area contributed by atoms with E-state index in [0.717, 1.165) is 36.9 Å². The number of hydrogen-bond acceptors (Lipinski definition) is 6. The summed E-state index contributed by atoms with van der Waals surface area (Å²) in [7, 11) is -3.76. The number of nitro groups is 1. The fourth-order valence-corrected chi connectivity index (χ4v) is 5.29. The minimum Gasteiger partial charge on any atom is -0.343 e. The maximum absolute atomic E-state index is 12.2. The van der Waals surface area contributed by atoms with Crippen LogP contribution < -0.4 is 4.90 Å². The molecule has 9 heteroatoms. The van der Waals surface area contributed by atoms with Crippen molar-refractivity contribution in [3.05, 3.63) is 58.1 Å². The van der Waals surface area contributed by atoms with E-state index in [2.05, 4.69) is 0 Å². The third kappa shape index (κ3) is 3.65. The van der Waals surface area contributed by atoms with Gasteiger partial charge in [0, 0.05) is 43.9 Å². The highest BCUT2D eigenvalue weighted by molar-refractivity contribution is 7.90. The molecule has 0 spiro atoms. The van der Waals surface area contributed by atoms with Gasteiger partial charge in [0.15, 0.2) is 9.84 Å². The van der Waals surface area contributed by atoms with Crippen molar-refractivity contribution < 1.29 is 18.1 Å². The molecule has 158 valence electrons. The van der Waals surface area contributed by atoms with E-state index in [1.807, 2.05) is 34.1 Å². The molecule has 2 aliphatic rings. The van der Waals surface area contributed by atoms with Gasteiger partial charge >= 0.3 is 5.69 Å². The summed E-state index contributed by atoms with van der Waals surface area (Å²) in [5.74, 6) is 0.269. The number of carbonyl (C=O) groups excluding carboxylic acids is 1. The molecule has 8 nitrogen and oxygen atoms in total. The summed E-state index contributed by atoms with van der Waals surface area (Å²) in [6, 6.07) is 12.1. The van der Waals surface area contributed by atoms with Gasteiger partial charge in [0.1, 0.15) is 10.6 Å². The highest BCUT2D eigenvalue weighted by Crippen LogP contribution is 2.46. The molecule has 0 aliphatic carbocycles. The van der Waals surface area contributed by atoms with Gasteiger partial charge in [-0.25, -0.2) is 8.42 Å². The van der Waals surface area contributed by atoms with E-state index in [0.29, 0.717) is 19.5 Å². The van der Waals surface area contributed by atoms with Crippen molar-refractivity contribution >= 4 is 32.8 Å². The Balaban J connectivity index is 1.71. The Kier molecular flexibility index (Phi) is 5.23. The highest BCUT2D eigenvalue weighted by atomic mass is 32.2. The van der Waals surface area contributed by atoms with Gasteiger partial charge in [0.25, 0.3) is 0 Å². The van der Waals surface area contributed by atoms with Crippen LogP contribution in [0.3, 0.4) is 0 Å². The zero-order valence-electron chi connectivity index (χ0n) is 16.7. The van der Waals surface area contributed by atoms with Crippen LogP contribution in [-0.2, 0) is 14.6 Å². The first-order valence-corrected chi connectivity index (χ1v) is 11.8. The van der Waals surface area contributed by atoms with E-state index < -0.39 is 20.4 Å². The molecule has 1 unspecified atom stereocenters. The average molecular weight is 429 g/mol. The van der Waals surface area contributed by atoms with Gasteiger partial charge in [-0.3, -0.25) is 14.9 Å². The highest BCUT2D eigenvalue weighted by Gasteiger charge is 2.36. The number of para-hydroxylation sites is 2. The summed E-state index contributed by atoms with van der Waals surface area (Å²) in [6.45, 7) is 1.92. The topological polar surface area (TPSA) is 101 Å². The van der Waals surface area contributed by atoms with Crippen molar-refractivity contribution in [1.82, 2.24) is 4.90 Å². The van der Waals surface area contributed by atoms with Crippen LogP contribution >= 0.6 is 0 Å². The maximum atomic E-state index is 12.2. The Bertz CT molecular complexity index is 1120. The smallest absolute Gasteiger partial charge is 0.311 e. The molecule has 30 heavy (non-hydrogen) atoms. The molecule has 0 radical (unpaired) electrons. The number of nitro benzene ring substituents is 1. The summed E-state index contributed by atoms with van der Waals surface area (Å²) in [5, 5.41) is 11.8.